The van der Waals surface area contributed by atoms with Gasteiger partial charge in [0.25, 0.3) is 5.91 Å². The molecule has 1 atom stereocenters. The van der Waals surface area contributed by atoms with E-state index in [-0.39, 0.29) is 5.91 Å². The highest BCUT2D eigenvalue weighted by Gasteiger charge is 2.19. The third-order valence-electron chi connectivity index (χ3n) is 5.12. The SMILES string of the molecule is CCNC(=O)c1cccc(CNC(=NC)NCCN2CCCCC2CC)c1. The first kappa shape index (κ1) is 21.2. The van der Waals surface area contributed by atoms with Crippen molar-refractivity contribution in [1.29, 1.82) is 0 Å². The molecule has 1 aliphatic rings. The second-order valence-corrected chi connectivity index (χ2v) is 7.01. The summed E-state index contributed by atoms with van der Waals surface area (Å²) in [7, 11) is 1.79. The van der Waals surface area contributed by atoms with Gasteiger partial charge in [0.2, 0.25) is 0 Å². The smallest absolute Gasteiger partial charge is 0.251 e. The Bertz CT molecular complexity index is 616. The van der Waals surface area contributed by atoms with Crippen LogP contribution >= 0.6 is 0 Å². The van der Waals surface area contributed by atoms with Crippen LogP contribution in [0.4, 0.5) is 0 Å². The molecule has 1 aliphatic heterocycles. The van der Waals surface area contributed by atoms with Crippen LogP contribution in [0.3, 0.4) is 0 Å². The first-order valence-corrected chi connectivity index (χ1v) is 10.2. The molecule has 1 unspecified atom stereocenters. The molecule has 0 radical (unpaired) electrons. The van der Waals surface area contributed by atoms with Crippen LogP contribution in [0.25, 0.3) is 0 Å². The normalized spacial score (nSPS) is 18.2. The molecular formula is C21H35N5O. The Hall–Kier alpha value is -2.08. The number of guanidine groups is 1. The lowest BCUT2D eigenvalue weighted by atomic mass is 10.0. The molecule has 27 heavy (non-hydrogen) atoms. The Morgan fingerprint density at radius 1 is 1.22 bits per heavy atom. The van der Waals surface area contributed by atoms with E-state index in [9.17, 15) is 4.79 Å². The molecule has 2 rings (SSSR count). The van der Waals surface area contributed by atoms with Crippen LogP contribution in [0.15, 0.2) is 29.3 Å². The number of hydrogen-bond acceptors (Lipinski definition) is 3. The van der Waals surface area contributed by atoms with Gasteiger partial charge >= 0.3 is 0 Å². The summed E-state index contributed by atoms with van der Waals surface area (Å²) in [5.41, 5.74) is 1.75. The number of piperidine rings is 1. The van der Waals surface area contributed by atoms with Crippen molar-refractivity contribution in [3.05, 3.63) is 35.4 Å². The molecule has 0 spiro atoms. The number of likely N-dealkylation sites (tertiary alicyclic amines) is 1. The van der Waals surface area contributed by atoms with Gasteiger partial charge in [-0.25, -0.2) is 0 Å². The zero-order chi connectivity index (χ0) is 19.5. The molecule has 0 saturated carbocycles. The highest BCUT2D eigenvalue weighted by atomic mass is 16.1. The van der Waals surface area contributed by atoms with Gasteiger partial charge < -0.3 is 16.0 Å². The van der Waals surface area contributed by atoms with E-state index in [0.717, 1.165) is 30.7 Å². The van der Waals surface area contributed by atoms with E-state index >= 15 is 0 Å². The molecule has 1 saturated heterocycles. The van der Waals surface area contributed by atoms with Crippen molar-refractivity contribution < 1.29 is 4.79 Å². The Morgan fingerprint density at radius 2 is 2.07 bits per heavy atom. The van der Waals surface area contributed by atoms with E-state index in [1.165, 1.54) is 32.2 Å². The van der Waals surface area contributed by atoms with Gasteiger partial charge in [-0.2, -0.15) is 0 Å². The summed E-state index contributed by atoms with van der Waals surface area (Å²) >= 11 is 0. The molecule has 1 aromatic carbocycles. The van der Waals surface area contributed by atoms with E-state index in [0.29, 0.717) is 18.7 Å². The predicted molar refractivity (Wildman–Crippen MR) is 112 cm³/mol. The van der Waals surface area contributed by atoms with Crippen LogP contribution in [0.1, 0.15) is 55.5 Å². The Kier molecular flexibility index (Phi) is 9.11. The minimum absolute atomic E-state index is 0.0335. The van der Waals surface area contributed by atoms with Crippen LogP contribution in [0, 0.1) is 0 Å². The maximum atomic E-state index is 12.0. The largest absolute Gasteiger partial charge is 0.355 e. The summed E-state index contributed by atoms with van der Waals surface area (Å²) in [6.07, 6.45) is 5.23. The Morgan fingerprint density at radius 3 is 2.81 bits per heavy atom. The van der Waals surface area contributed by atoms with Crippen LogP contribution in [-0.4, -0.2) is 56.0 Å². The molecule has 3 N–H and O–H groups in total. The van der Waals surface area contributed by atoms with Crippen LogP contribution in [0.5, 0.6) is 0 Å². The highest BCUT2D eigenvalue weighted by molar-refractivity contribution is 5.94. The first-order chi connectivity index (χ1) is 13.2. The monoisotopic (exact) mass is 373 g/mol. The highest BCUT2D eigenvalue weighted by Crippen LogP contribution is 2.18. The summed E-state index contributed by atoms with van der Waals surface area (Å²) in [6, 6.07) is 8.42. The lowest BCUT2D eigenvalue weighted by molar-refractivity contribution is 0.0955. The van der Waals surface area contributed by atoms with Crippen molar-refractivity contribution in [1.82, 2.24) is 20.9 Å². The van der Waals surface area contributed by atoms with Crippen molar-refractivity contribution >= 4 is 11.9 Å². The second kappa shape index (κ2) is 11.6. The van der Waals surface area contributed by atoms with Gasteiger partial charge in [0.15, 0.2) is 5.96 Å². The minimum Gasteiger partial charge on any atom is -0.355 e. The molecule has 0 bridgehead atoms. The maximum absolute atomic E-state index is 12.0. The lowest BCUT2D eigenvalue weighted by Gasteiger charge is -2.35. The summed E-state index contributed by atoms with van der Waals surface area (Å²) in [5, 5.41) is 9.58. The topological polar surface area (TPSA) is 68.8 Å². The van der Waals surface area contributed by atoms with Gasteiger partial charge in [-0.05, 0) is 50.4 Å². The quantitative estimate of drug-likeness (QED) is 0.483. The van der Waals surface area contributed by atoms with Crippen molar-refractivity contribution in [3.8, 4) is 0 Å². The zero-order valence-electron chi connectivity index (χ0n) is 17.1. The molecule has 1 heterocycles. The van der Waals surface area contributed by atoms with Gasteiger partial charge in [0, 0.05) is 44.8 Å². The number of amides is 1. The number of nitrogens with one attached hydrogen (secondary N) is 3. The van der Waals surface area contributed by atoms with Gasteiger partial charge in [0.05, 0.1) is 0 Å². The average Bonchev–Trinajstić information content (AvgIpc) is 2.71. The van der Waals surface area contributed by atoms with Crippen molar-refractivity contribution in [2.75, 3.05) is 33.2 Å². The van der Waals surface area contributed by atoms with Crippen LogP contribution in [-0.2, 0) is 6.54 Å². The van der Waals surface area contributed by atoms with Gasteiger partial charge in [-0.15, -0.1) is 0 Å². The van der Waals surface area contributed by atoms with Crippen LogP contribution < -0.4 is 16.0 Å². The molecule has 1 aromatic rings. The number of hydrogen-bond donors (Lipinski definition) is 3. The number of carbonyl (C=O) groups excluding carboxylic acids is 1. The van der Waals surface area contributed by atoms with Crippen molar-refractivity contribution in [3.63, 3.8) is 0 Å². The zero-order valence-corrected chi connectivity index (χ0v) is 17.1. The Balaban J connectivity index is 1.78. The van der Waals surface area contributed by atoms with E-state index < -0.39 is 0 Å². The van der Waals surface area contributed by atoms with E-state index in [2.05, 4.69) is 32.8 Å². The molecule has 150 valence electrons. The number of carbonyl (C=O) groups is 1. The third kappa shape index (κ3) is 6.86. The van der Waals surface area contributed by atoms with Gasteiger partial charge in [-0.1, -0.05) is 25.5 Å². The first-order valence-electron chi connectivity index (χ1n) is 10.2. The fourth-order valence-electron chi connectivity index (χ4n) is 3.63. The summed E-state index contributed by atoms with van der Waals surface area (Å²) in [4.78, 5) is 18.9. The van der Waals surface area contributed by atoms with E-state index in [1.54, 1.807) is 7.05 Å². The van der Waals surface area contributed by atoms with Gasteiger partial charge in [0.1, 0.15) is 0 Å². The molecule has 6 nitrogen and oxygen atoms in total. The Labute approximate surface area is 163 Å². The predicted octanol–water partition coefficient (Wildman–Crippen LogP) is 2.37. The maximum Gasteiger partial charge on any atom is 0.251 e. The molecule has 6 heteroatoms. The van der Waals surface area contributed by atoms with Crippen LogP contribution in [0.2, 0.25) is 0 Å². The fraction of sp³-hybridized carbons (Fsp3) is 0.619. The molecule has 0 aromatic heterocycles. The van der Waals surface area contributed by atoms with E-state index in [4.69, 9.17) is 0 Å². The minimum atomic E-state index is -0.0335. The average molecular weight is 374 g/mol. The number of aliphatic imine (C=N–C) groups is 1. The lowest BCUT2D eigenvalue weighted by Crippen LogP contribution is -2.45. The number of nitrogens with zero attached hydrogens (tertiary/aromatic N) is 2. The number of benzene rings is 1. The standard InChI is InChI=1S/C21H35N5O/c1-4-19-11-6-7-13-26(19)14-12-24-21(22-3)25-16-17-9-8-10-18(15-17)20(27)23-5-2/h8-10,15,19H,4-7,11-14,16H2,1-3H3,(H,23,27)(H2,22,24,25). The summed E-state index contributed by atoms with van der Waals surface area (Å²) < 4.78 is 0. The van der Waals surface area contributed by atoms with Crippen molar-refractivity contribution in [2.45, 2.75) is 52.1 Å². The molecule has 1 fully saturated rings. The summed E-state index contributed by atoms with van der Waals surface area (Å²) in [5.74, 6) is 0.761. The molecular weight excluding hydrogens is 338 g/mol. The number of rotatable bonds is 8. The fourth-order valence-corrected chi connectivity index (χ4v) is 3.63. The summed E-state index contributed by atoms with van der Waals surface area (Å²) in [6.45, 7) is 8.61. The van der Waals surface area contributed by atoms with E-state index in [1.807, 2.05) is 31.2 Å². The third-order valence-corrected chi connectivity index (χ3v) is 5.12. The molecule has 1 amide bonds. The molecule has 0 aliphatic carbocycles. The van der Waals surface area contributed by atoms with Gasteiger partial charge in [-0.3, -0.25) is 14.7 Å². The van der Waals surface area contributed by atoms with Crippen molar-refractivity contribution in [2.24, 2.45) is 4.99 Å². The second-order valence-electron chi connectivity index (χ2n) is 7.01.